The lowest BCUT2D eigenvalue weighted by molar-refractivity contribution is -0.138. The topological polar surface area (TPSA) is 213 Å². The third kappa shape index (κ3) is 19.8. The summed E-state index contributed by atoms with van der Waals surface area (Å²) in [4.78, 5) is 41.7. The van der Waals surface area contributed by atoms with E-state index in [0.717, 1.165) is 0 Å². The van der Waals surface area contributed by atoms with Gasteiger partial charge >= 0.3 is 11.9 Å². The van der Waals surface area contributed by atoms with E-state index in [-0.39, 0.29) is 48.1 Å². The van der Waals surface area contributed by atoms with Crippen molar-refractivity contribution >= 4 is 70.2 Å². The van der Waals surface area contributed by atoms with E-state index in [9.17, 15) is 19.2 Å². The van der Waals surface area contributed by atoms with Crippen LogP contribution in [0.25, 0.3) is 0 Å². The molecule has 0 aliphatic carbocycles. The number of halogens is 2. The van der Waals surface area contributed by atoms with Gasteiger partial charge in [0.1, 0.15) is 12.1 Å². The molecule has 0 aliphatic heterocycles. The van der Waals surface area contributed by atoms with E-state index in [1.165, 1.54) is 21.6 Å². The second kappa shape index (κ2) is 18.1. The van der Waals surface area contributed by atoms with Crippen LogP contribution in [0.3, 0.4) is 0 Å². The highest BCUT2D eigenvalue weighted by atomic mass is 35.5. The number of amides is 2. The molecule has 0 aromatic carbocycles. The van der Waals surface area contributed by atoms with Gasteiger partial charge in [-0.1, -0.05) is 35.4 Å². The van der Waals surface area contributed by atoms with Gasteiger partial charge in [-0.3, -0.25) is 19.2 Å². The minimum absolute atomic E-state index is 0. The normalized spacial score (nSPS) is 12.1. The molecule has 0 unspecified atom stereocenters. The summed E-state index contributed by atoms with van der Waals surface area (Å²) in [6, 6.07) is -1.85. The average molecular weight is 485 g/mol. The first kappa shape index (κ1) is 34.6. The Morgan fingerprint density at radius 3 is 1.50 bits per heavy atom. The van der Waals surface area contributed by atoms with Crippen molar-refractivity contribution in [3.63, 3.8) is 0 Å². The molecule has 168 valence electrons. The lowest BCUT2D eigenvalue weighted by Gasteiger charge is -2.19. The maximum Gasteiger partial charge on any atom is 0.321 e. The Kier molecular flexibility index (Phi) is 22.4. The molecule has 0 radical (unpaired) electrons. The number of rotatable bonds is 12. The molecule has 0 rings (SSSR count). The van der Waals surface area contributed by atoms with E-state index in [1.807, 2.05) is 0 Å². The quantitative estimate of drug-likeness (QED) is 0.163. The van der Waals surface area contributed by atoms with Crippen molar-refractivity contribution in [1.82, 2.24) is 0 Å². The van der Waals surface area contributed by atoms with Gasteiger partial charge in [0.05, 0.1) is 0 Å². The highest BCUT2D eigenvalue weighted by Gasteiger charge is 2.24. The molecule has 14 heteroatoms. The van der Waals surface area contributed by atoms with Crippen LogP contribution in [0.4, 0.5) is 0 Å². The predicted octanol–water partition coefficient (Wildman–Crippen LogP) is 0.189. The van der Waals surface area contributed by atoms with Crippen molar-refractivity contribution in [2.24, 2.45) is 28.3 Å². The molecule has 0 fully saturated rings. The zero-order valence-electron chi connectivity index (χ0n) is 15.7. The van der Waals surface area contributed by atoms with Crippen molar-refractivity contribution in [2.45, 2.75) is 45.2 Å². The van der Waals surface area contributed by atoms with Crippen LogP contribution in [0.2, 0.25) is 0 Å². The van der Waals surface area contributed by atoms with Crippen LogP contribution >= 0.6 is 46.4 Å². The summed E-state index contributed by atoms with van der Waals surface area (Å²) in [7, 11) is 2.41. The van der Waals surface area contributed by atoms with E-state index in [2.05, 4.69) is 0 Å². The molecule has 2 atom stereocenters. The first-order chi connectivity index (χ1) is 11.8. The average Bonchev–Trinajstić information content (AvgIpc) is 2.50. The molecule has 0 bridgehead atoms. The molecule has 0 aliphatic rings. The van der Waals surface area contributed by atoms with E-state index in [0.29, 0.717) is 19.3 Å². The summed E-state index contributed by atoms with van der Waals surface area (Å²) in [5.74, 6) is -2.36. The summed E-state index contributed by atoms with van der Waals surface area (Å²) in [5, 5.41) is 16.8. The molecule has 10 nitrogen and oxygen atoms in total. The molecule has 2 amide bonds. The monoisotopic (exact) mass is 484 g/mol. The van der Waals surface area contributed by atoms with Gasteiger partial charge in [-0.15, -0.1) is 24.8 Å². The van der Waals surface area contributed by atoms with Crippen LogP contribution in [-0.4, -0.2) is 57.6 Å². The van der Waals surface area contributed by atoms with E-state index < -0.39 is 29.4 Å². The Bertz CT molecular complexity index is 478. The third-order valence-electron chi connectivity index (χ3n) is 3.10. The lowest BCUT2D eigenvalue weighted by Crippen LogP contribution is -2.33. The van der Waals surface area contributed by atoms with E-state index >= 15 is 0 Å². The van der Waals surface area contributed by atoms with Crippen molar-refractivity contribution in [1.29, 1.82) is 0 Å². The van der Waals surface area contributed by atoms with Gasteiger partial charge in [0.15, 0.2) is 0 Å². The van der Waals surface area contributed by atoms with Gasteiger partial charge in [-0.25, -0.2) is 0 Å². The van der Waals surface area contributed by atoms with Crippen molar-refractivity contribution in [3.8, 4) is 0 Å². The van der Waals surface area contributed by atoms with Crippen LogP contribution < -0.4 is 22.9 Å². The molecule has 10 N–H and O–H groups in total. The van der Waals surface area contributed by atoms with Crippen molar-refractivity contribution in [2.75, 3.05) is 11.5 Å². The maximum absolute atomic E-state index is 10.8. The fourth-order valence-electron chi connectivity index (χ4n) is 1.21. The summed E-state index contributed by atoms with van der Waals surface area (Å²) in [6.07, 6.45) is 1.53. The Labute approximate surface area is 184 Å². The highest BCUT2D eigenvalue weighted by molar-refractivity contribution is 8.76. The van der Waals surface area contributed by atoms with Gasteiger partial charge in [-0.05, 0) is 12.8 Å². The molecule has 0 aromatic heterocycles. The Balaban J connectivity index is -0.000000194. The molecule has 28 heavy (non-hydrogen) atoms. The smallest absolute Gasteiger partial charge is 0.321 e. The fraction of sp³-hybridized carbons (Fsp3) is 0.714. The summed E-state index contributed by atoms with van der Waals surface area (Å²) in [6.45, 7) is 3.52. The van der Waals surface area contributed by atoms with E-state index in [1.54, 1.807) is 13.8 Å². The largest absolute Gasteiger partial charge is 0.480 e. The number of hydrogen-bond acceptors (Lipinski definition) is 8. The lowest BCUT2D eigenvalue weighted by atomic mass is 9.86. The Morgan fingerprint density at radius 1 is 0.893 bits per heavy atom. The second-order valence-corrected chi connectivity index (χ2v) is 8.58. The van der Waals surface area contributed by atoms with Crippen LogP contribution in [0.1, 0.15) is 33.1 Å². The van der Waals surface area contributed by atoms with Gasteiger partial charge in [0.25, 0.3) is 0 Å². The SMILES string of the molecule is CC(C)(CCCC(N)=O)C(N)=O.Cl.Cl.N[C@@H](CSSC[C@H](N)C(=O)O)C(=O)O. The minimum Gasteiger partial charge on any atom is -0.480 e. The van der Waals surface area contributed by atoms with Crippen LogP contribution in [0, 0.1) is 5.41 Å². The number of carbonyl (C=O) groups excluding carboxylic acids is 2. The number of carboxylic acids is 2. The second-order valence-electron chi connectivity index (χ2n) is 6.03. The maximum atomic E-state index is 10.8. The summed E-state index contributed by atoms with van der Waals surface area (Å²) in [5.41, 5.74) is 20.0. The fourth-order valence-corrected chi connectivity index (χ4v) is 3.44. The predicted molar refractivity (Wildman–Crippen MR) is 117 cm³/mol. The van der Waals surface area contributed by atoms with Gasteiger partial charge in [0, 0.05) is 23.3 Å². The molecule has 0 spiro atoms. The number of carbonyl (C=O) groups is 4. The van der Waals surface area contributed by atoms with Crippen molar-refractivity contribution in [3.05, 3.63) is 0 Å². The van der Waals surface area contributed by atoms with Crippen molar-refractivity contribution < 1.29 is 29.4 Å². The number of aliphatic carboxylic acids is 2. The summed E-state index contributed by atoms with van der Waals surface area (Å²) >= 11 is 0. The number of nitrogens with two attached hydrogens (primary N) is 4. The van der Waals surface area contributed by atoms with Gasteiger partial charge in [-0.2, -0.15) is 0 Å². The first-order valence-corrected chi connectivity index (χ1v) is 10.1. The standard InChI is InChI=1S/C8H16N2O2.C6H12N2O4S2.2ClH/c1-8(2,7(10)12)5-3-4-6(9)11;7-3(5(9)10)1-13-14-2-4(8)6(11)12;;/h3-5H2,1-2H3,(H2,9,11)(H2,10,12);3-4H,1-2,7-8H2,(H,9,10)(H,11,12);2*1H/t;3-,4-;;/m.0../s1. The van der Waals surface area contributed by atoms with E-state index in [4.69, 9.17) is 33.1 Å². The first-order valence-electron chi connectivity index (χ1n) is 7.60. The number of hydrogen-bond donors (Lipinski definition) is 6. The zero-order valence-corrected chi connectivity index (χ0v) is 18.9. The summed E-state index contributed by atoms with van der Waals surface area (Å²) < 4.78 is 0. The molecule has 0 aromatic rings. The third-order valence-corrected chi connectivity index (χ3v) is 5.58. The number of carboxylic acid groups (broad SMARTS) is 2. The van der Waals surface area contributed by atoms with Crippen LogP contribution in [-0.2, 0) is 19.2 Å². The minimum atomic E-state index is -1.07. The van der Waals surface area contributed by atoms with Gasteiger partial charge in [0.2, 0.25) is 11.8 Å². The molecular weight excluding hydrogens is 455 g/mol. The molecule has 0 heterocycles. The zero-order chi connectivity index (χ0) is 20.9. The van der Waals surface area contributed by atoms with Gasteiger partial charge < -0.3 is 33.1 Å². The Morgan fingerprint density at radius 2 is 1.25 bits per heavy atom. The van der Waals surface area contributed by atoms with Crippen LogP contribution in [0.15, 0.2) is 0 Å². The highest BCUT2D eigenvalue weighted by Crippen LogP contribution is 2.22. The molecular formula is C14H30Cl2N4O6S2. The Hall–Kier alpha value is -0.920. The molecule has 0 saturated carbocycles. The van der Waals surface area contributed by atoms with Crippen LogP contribution in [0.5, 0.6) is 0 Å². The molecule has 0 saturated heterocycles. The number of primary amides is 2.